The minimum absolute atomic E-state index is 0.00684. The number of fused-ring (bicyclic) bond motifs is 1. The van der Waals surface area contributed by atoms with Gasteiger partial charge in [0.05, 0.1) is 0 Å². The summed E-state index contributed by atoms with van der Waals surface area (Å²) in [4.78, 5) is 24.3. The number of aliphatic carboxylic acids is 1. The predicted octanol–water partition coefficient (Wildman–Crippen LogP) is 8.57. The quantitative estimate of drug-likeness (QED) is 0.193. The van der Waals surface area contributed by atoms with Crippen LogP contribution in [0.2, 0.25) is 0 Å². The lowest BCUT2D eigenvalue weighted by molar-refractivity contribution is -0.152. The lowest BCUT2D eigenvalue weighted by Crippen LogP contribution is -2.37. The van der Waals surface area contributed by atoms with Crippen molar-refractivity contribution in [2.75, 3.05) is 0 Å². The molecule has 6 nitrogen and oxygen atoms in total. The topological polar surface area (TPSA) is 88.8 Å². The molecular formula is C37H37NO5. The fourth-order valence-corrected chi connectivity index (χ4v) is 5.36. The number of carboxylic acid groups (broad SMARTS) is 2. The fraction of sp³-hybridized carbons (Fsp3) is 0.243. The first-order chi connectivity index (χ1) is 20.3. The summed E-state index contributed by atoms with van der Waals surface area (Å²) < 4.78 is 7.56. The number of carboxylic acids is 2. The van der Waals surface area contributed by atoms with Crippen LogP contribution >= 0.6 is 0 Å². The third-order valence-electron chi connectivity index (χ3n) is 7.97. The van der Waals surface area contributed by atoms with Gasteiger partial charge in [-0.2, -0.15) is 0 Å². The molecule has 0 spiro atoms. The summed E-state index contributed by atoms with van der Waals surface area (Å²) in [6.45, 7) is 11.9. The van der Waals surface area contributed by atoms with Crippen LogP contribution in [-0.4, -0.2) is 32.3 Å². The van der Waals surface area contributed by atoms with Crippen molar-refractivity contribution in [3.8, 4) is 28.0 Å². The van der Waals surface area contributed by atoms with E-state index in [9.17, 15) is 19.8 Å². The summed E-state index contributed by atoms with van der Waals surface area (Å²) in [7, 11) is 0. The van der Waals surface area contributed by atoms with Gasteiger partial charge >= 0.3 is 11.9 Å². The van der Waals surface area contributed by atoms with E-state index >= 15 is 0 Å². The van der Waals surface area contributed by atoms with Gasteiger partial charge in [0.2, 0.25) is 0 Å². The number of aryl methyl sites for hydroxylation is 1. The molecule has 0 unspecified atom stereocenters. The molecule has 4 aromatic carbocycles. The molecule has 5 aromatic rings. The van der Waals surface area contributed by atoms with Crippen molar-refractivity contribution in [1.29, 1.82) is 0 Å². The number of benzene rings is 4. The van der Waals surface area contributed by atoms with E-state index in [4.69, 9.17) is 4.74 Å². The van der Waals surface area contributed by atoms with Crippen LogP contribution in [0.1, 0.15) is 61.8 Å². The van der Waals surface area contributed by atoms with Gasteiger partial charge in [-0.05, 0) is 83.8 Å². The van der Waals surface area contributed by atoms with Gasteiger partial charge in [0.15, 0.2) is 5.60 Å². The maximum absolute atomic E-state index is 12.9. The molecule has 1 heterocycles. The Morgan fingerprint density at radius 3 is 1.98 bits per heavy atom. The van der Waals surface area contributed by atoms with E-state index in [1.807, 2.05) is 72.2 Å². The molecule has 43 heavy (non-hydrogen) atoms. The normalized spacial score (nSPS) is 12.0. The number of aromatic carboxylic acids is 1. The molecule has 0 aliphatic carbocycles. The van der Waals surface area contributed by atoms with Crippen LogP contribution < -0.4 is 4.74 Å². The standard InChI is InChI=1S/C37H37NO5/c1-23-11-12-26(24-15-19-29(20-16-24)43-37(5,6)35(41)42)21-27(23)22-38-31-10-8-7-9-30(31)32(33(38)34(39)40)25-13-17-28(18-14-25)36(2,3)4/h7-21H,22H2,1-6H3,(H,39,40)(H,41,42). The number of ether oxygens (including phenoxy) is 1. The van der Waals surface area contributed by atoms with Crippen molar-refractivity contribution >= 4 is 22.8 Å². The Morgan fingerprint density at radius 2 is 1.37 bits per heavy atom. The van der Waals surface area contributed by atoms with Gasteiger partial charge in [0, 0.05) is 23.0 Å². The Balaban J connectivity index is 1.55. The first-order valence-corrected chi connectivity index (χ1v) is 14.3. The molecule has 0 aliphatic heterocycles. The Kier molecular flexibility index (Phi) is 7.65. The van der Waals surface area contributed by atoms with Gasteiger partial charge in [-0.25, -0.2) is 9.59 Å². The molecule has 0 fully saturated rings. The van der Waals surface area contributed by atoms with E-state index < -0.39 is 17.5 Å². The van der Waals surface area contributed by atoms with Crippen LogP contribution in [-0.2, 0) is 16.8 Å². The smallest absolute Gasteiger partial charge is 0.353 e. The van der Waals surface area contributed by atoms with Crippen molar-refractivity contribution in [3.05, 3.63) is 113 Å². The van der Waals surface area contributed by atoms with Crippen molar-refractivity contribution in [2.45, 2.75) is 59.1 Å². The molecule has 0 amide bonds. The van der Waals surface area contributed by atoms with Crippen molar-refractivity contribution in [3.63, 3.8) is 0 Å². The van der Waals surface area contributed by atoms with Crippen LogP contribution in [0.5, 0.6) is 5.75 Å². The molecule has 0 saturated heterocycles. The average molecular weight is 576 g/mol. The van der Waals surface area contributed by atoms with Crippen LogP contribution in [0.15, 0.2) is 91.0 Å². The molecule has 2 N–H and O–H groups in total. The highest BCUT2D eigenvalue weighted by atomic mass is 16.5. The Hall–Kier alpha value is -4.84. The summed E-state index contributed by atoms with van der Waals surface area (Å²) in [5.74, 6) is -1.54. The molecule has 1 aromatic heterocycles. The zero-order chi connectivity index (χ0) is 31.1. The van der Waals surface area contributed by atoms with E-state index in [-0.39, 0.29) is 11.1 Å². The second-order valence-electron chi connectivity index (χ2n) is 12.5. The number of hydrogen-bond acceptors (Lipinski definition) is 3. The molecule has 6 heteroatoms. The largest absolute Gasteiger partial charge is 0.478 e. The lowest BCUT2D eigenvalue weighted by Gasteiger charge is -2.21. The number of aromatic nitrogens is 1. The van der Waals surface area contributed by atoms with Crippen LogP contribution in [0, 0.1) is 6.92 Å². The van der Waals surface area contributed by atoms with Crippen molar-refractivity contribution in [2.24, 2.45) is 0 Å². The van der Waals surface area contributed by atoms with E-state index in [1.54, 1.807) is 12.1 Å². The maximum atomic E-state index is 12.9. The maximum Gasteiger partial charge on any atom is 0.353 e. The number of carbonyl (C=O) groups is 2. The van der Waals surface area contributed by atoms with E-state index in [2.05, 4.69) is 39.0 Å². The minimum Gasteiger partial charge on any atom is -0.478 e. The van der Waals surface area contributed by atoms with E-state index in [0.29, 0.717) is 12.3 Å². The first kappa shape index (κ1) is 29.6. The second-order valence-corrected chi connectivity index (χ2v) is 12.5. The molecule has 0 bridgehead atoms. The summed E-state index contributed by atoms with van der Waals surface area (Å²) in [6, 6.07) is 29.6. The predicted molar refractivity (Wildman–Crippen MR) is 171 cm³/mol. The molecule has 220 valence electrons. The number of para-hydroxylation sites is 1. The van der Waals surface area contributed by atoms with Gasteiger partial charge in [-0.1, -0.05) is 87.5 Å². The minimum atomic E-state index is -1.34. The molecule has 0 atom stereocenters. The fourth-order valence-electron chi connectivity index (χ4n) is 5.36. The molecule has 0 aliphatic rings. The average Bonchev–Trinajstić information content (AvgIpc) is 3.28. The SMILES string of the molecule is Cc1ccc(-c2ccc(OC(C)(C)C(=O)O)cc2)cc1Cn1c(C(=O)O)c(-c2ccc(C(C)(C)C)cc2)c2ccccc21. The highest BCUT2D eigenvalue weighted by molar-refractivity contribution is 6.08. The van der Waals surface area contributed by atoms with Crippen molar-refractivity contribution < 1.29 is 24.5 Å². The van der Waals surface area contributed by atoms with Gasteiger partial charge in [-0.3, -0.25) is 0 Å². The molecule has 0 saturated carbocycles. The van der Waals surface area contributed by atoms with Crippen LogP contribution in [0.3, 0.4) is 0 Å². The zero-order valence-electron chi connectivity index (χ0n) is 25.4. The Morgan fingerprint density at radius 1 is 0.767 bits per heavy atom. The summed E-state index contributed by atoms with van der Waals surface area (Å²) in [6.07, 6.45) is 0. The van der Waals surface area contributed by atoms with Crippen LogP contribution in [0.4, 0.5) is 0 Å². The van der Waals surface area contributed by atoms with Gasteiger partial charge in [-0.15, -0.1) is 0 Å². The Bertz CT molecular complexity index is 1820. The van der Waals surface area contributed by atoms with Gasteiger partial charge < -0.3 is 19.5 Å². The number of nitrogens with zero attached hydrogens (tertiary/aromatic N) is 1. The highest BCUT2D eigenvalue weighted by Gasteiger charge is 2.29. The number of hydrogen-bond donors (Lipinski definition) is 2. The van der Waals surface area contributed by atoms with Gasteiger partial charge in [0.1, 0.15) is 11.4 Å². The molecule has 5 rings (SSSR count). The second kappa shape index (κ2) is 11.1. The highest BCUT2D eigenvalue weighted by Crippen LogP contribution is 2.37. The Labute approximate surface area is 252 Å². The third-order valence-corrected chi connectivity index (χ3v) is 7.97. The van der Waals surface area contributed by atoms with Gasteiger partial charge in [0.25, 0.3) is 0 Å². The van der Waals surface area contributed by atoms with Crippen LogP contribution in [0.25, 0.3) is 33.2 Å². The third kappa shape index (κ3) is 5.91. The monoisotopic (exact) mass is 575 g/mol. The lowest BCUT2D eigenvalue weighted by atomic mass is 9.86. The number of rotatable bonds is 8. The zero-order valence-corrected chi connectivity index (χ0v) is 25.4. The summed E-state index contributed by atoms with van der Waals surface area (Å²) >= 11 is 0. The summed E-state index contributed by atoms with van der Waals surface area (Å²) in [5, 5.41) is 20.8. The molecule has 0 radical (unpaired) electrons. The van der Waals surface area contributed by atoms with E-state index in [1.165, 1.54) is 19.4 Å². The first-order valence-electron chi connectivity index (χ1n) is 14.3. The van der Waals surface area contributed by atoms with E-state index in [0.717, 1.165) is 44.3 Å². The molecular weight excluding hydrogens is 538 g/mol. The summed E-state index contributed by atoms with van der Waals surface area (Å²) in [5.41, 5.74) is 6.53. The van der Waals surface area contributed by atoms with Crippen molar-refractivity contribution in [1.82, 2.24) is 4.57 Å².